The Morgan fingerprint density at radius 3 is 2.64 bits per heavy atom. The van der Waals surface area contributed by atoms with Crippen LogP contribution >= 0.6 is 34.7 Å². The van der Waals surface area contributed by atoms with Gasteiger partial charge in [0, 0.05) is 36.7 Å². The molecule has 1 aliphatic heterocycles. The van der Waals surface area contributed by atoms with Gasteiger partial charge in [-0.05, 0) is 39.0 Å². The fraction of sp³-hybridized carbons (Fsp3) is 0.526. The summed E-state index contributed by atoms with van der Waals surface area (Å²) in [5.74, 6) is 0.512. The Hall–Kier alpha value is -1.35. The monoisotopic (exact) mass is 440 g/mol. The van der Waals surface area contributed by atoms with Crippen LogP contribution in [-0.2, 0) is 9.59 Å². The minimum absolute atomic E-state index is 0.0266. The molecule has 2 aromatic rings. The molecule has 1 fully saturated rings. The van der Waals surface area contributed by atoms with Crippen molar-refractivity contribution in [2.24, 2.45) is 0 Å². The van der Waals surface area contributed by atoms with Crippen LogP contribution in [0.25, 0.3) is 10.2 Å². The van der Waals surface area contributed by atoms with Crippen LogP contribution in [0.5, 0.6) is 0 Å². The van der Waals surface area contributed by atoms with Gasteiger partial charge in [-0.2, -0.15) is 0 Å². The predicted molar refractivity (Wildman–Crippen MR) is 116 cm³/mol. The maximum absolute atomic E-state index is 12.5. The number of halogens is 1. The van der Waals surface area contributed by atoms with Crippen molar-refractivity contribution in [1.29, 1.82) is 0 Å². The number of nitrogens with one attached hydrogen (secondary N) is 1. The normalized spacial score (nSPS) is 15.8. The van der Waals surface area contributed by atoms with E-state index >= 15 is 0 Å². The van der Waals surface area contributed by atoms with E-state index in [-0.39, 0.29) is 17.4 Å². The summed E-state index contributed by atoms with van der Waals surface area (Å²) in [7, 11) is 0. The molecule has 2 heterocycles. The van der Waals surface area contributed by atoms with Crippen molar-refractivity contribution >= 4 is 56.7 Å². The summed E-state index contributed by atoms with van der Waals surface area (Å²) in [6.07, 6.45) is 0. The Morgan fingerprint density at radius 2 is 1.96 bits per heavy atom. The zero-order valence-electron chi connectivity index (χ0n) is 16.3. The quantitative estimate of drug-likeness (QED) is 0.723. The van der Waals surface area contributed by atoms with Crippen LogP contribution in [0.4, 0.5) is 0 Å². The van der Waals surface area contributed by atoms with Crippen LogP contribution in [0.1, 0.15) is 20.8 Å². The molecule has 0 unspecified atom stereocenters. The number of hydrogen-bond acceptors (Lipinski definition) is 6. The summed E-state index contributed by atoms with van der Waals surface area (Å²) in [5.41, 5.74) is 0.646. The molecule has 0 atom stereocenters. The summed E-state index contributed by atoms with van der Waals surface area (Å²) >= 11 is 9.04. The van der Waals surface area contributed by atoms with Gasteiger partial charge in [-0.3, -0.25) is 14.5 Å². The van der Waals surface area contributed by atoms with Gasteiger partial charge in [0.15, 0.2) is 4.34 Å². The van der Waals surface area contributed by atoms with Crippen molar-refractivity contribution < 1.29 is 9.59 Å². The van der Waals surface area contributed by atoms with Crippen molar-refractivity contribution in [2.45, 2.75) is 30.6 Å². The molecule has 0 bridgehead atoms. The average molecular weight is 441 g/mol. The molecule has 28 heavy (non-hydrogen) atoms. The average Bonchev–Trinajstić information content (AvgIpc) is 3.00. The molecule has 1 N–H and O–H groups in total. The number of thioether (sulfide) groups is 1. The van der Waals surface area contributed by atoms with Gasteiger partial charge in [0.2, 0.25) is 11.8 Å². The predicted octanol–water partition coefficient (Wildman–Crippen LogP) is 3.10. The van der Waals surface area contributed by atoms with E-state index in [2.05, 4.69) is 15.2 Å². The topological polar surface area (TPSA) is 65.5 Å². The number of carbonyl (C=O) groups is 2. The molecule has 2 amide bonds. The summed E-state index contributed by atoms with van der Waals surface area (Å²) in [6, 6.07) is 5.65. The molecule has 0 spiro atoms. The fourth-order valence-corrected chi connectivity index (χ4v) is 5.09. The van der Waals surface area contributed by atoms with Crippen LogP contribution < -0.4 is 5.32 Å². The summed E-state index contributed by atoms with van der Waals surface area (Å²) in [4.78, 5) is 33.1. The second kappa shape index (κ2) is 8.98. The number of amides is 2. The van der Waals surface area contributed by atoms with Gasteiger partial charge in [0.25, 0.3) is 0 Å². The lowest BCUT2D eigenvalue weighted by atomic mass is 10.1. The highest BCUT2D eigenvalue weighted by Crippen LogP contribution is 2.31. The SMILES string of the molecule is CC(C)(C)NC(=O)CN1CCN(C(=O)CSc2nc3cc(Cl)ccc3s2)CC1. The number of rotatable bonds is 5. The molecular weight excluding hydrogens is 416 g/mol. The Labute approximate surface area is 178 Å². The smallest absolute Gasteiger partial charge is 0.234 e. The summed E-state index contributed by atoms with van der Waals surface area (Å²) in [6.45, 7) is 9.02. The van der Waals surface area contributed by atoms with Gasteiger partial charge in [-0.1, -0.05) is 23.4 Å². The fourth-order valence-electron chi connectivity index (χ4n) is 2.97. The van der Waals surface area contributed by atoms with E-state index < -0.39 is 0 Å². The van der Waals surface area contributed by atoms with Crippen LogP contribution in [0.15, 0.2) is 22.5 Å². The standard InChI is InChI=1S/C19H25ClN4O2S2/c1-19(2,3)22-16(25)11-23-6-8-24(9-7-23)17(26)12-27-18-21-14-10-13(20)4-5-15(14)28-18/h4-5,10H,6-9,11-12H2,1-3H3,(H,22,25). The van der Waals surface area contributed by atoms with Gasteiger partial charge >= 0.3 is 0 Å². The third kappa shape index (κ3) is 6.07. The Bertz CT molecular complexity index is 857. The molecule has 1 aromatic carbocycles. The lowest BCUT2D eigenvalue weighted by Crippen LogP contribution is -2.53. The molecule has 3 rings (SSSR count). The van der Waals surface area contributed by atoms with Gasteiger partial charge < -0.3 is 10.2 Å². The van der Waals surface area contributed by atoms with Crippen molar-refractivity contribution in [3.05, 3.63) is 23.2 Å². The van der Waals surface area contributed by atoms with Crippen molar-refractivity contribution in [3.63, 3.8) is 0 Å². The molecule has 1 saturated heterocycles. The molecule has 6 nitrogen and oxygen atoms in total. The molecule has 1 aliphatic rings. The van der Waals surface area contributed by atoms with E-state index in [4.69, 9.17) is 11.6 Å². The first-order chi connectivity index (χ1) is 13.2. The Kier molecular flexibility index (Phi) is 6.85. The van der Waals surface area contributed by atoms with E-state index in [1.165, 1.54) is 11.8 Å². The maximum atomic E-state index is 12.5. The number of carbonyl (C=O) groups excluding carboxylic acids is 2. The lowest BCUT2D eigenvalue weighted by molar-refractivity contribution is -0.130. The van der Waals surface area contributed by atoms with Gasteiger partial charge in [-0.25, -0.2) is 4.98 Å². The highest BCUT2D eigenvalue weighted by molar-refractivity contribution is 8.01. The summed E-state index contributed by atoms with van der Waals surface area (Å²) in [5, 5.41) is 3.64. The lowest BCUT2D eigenvalue weighted by Gasteiger charge is -2.34. The number of benzene rings is 1. The third-order valence-electron chi connectivity index (χ3n) is 4.26. The van der Waals surface area contributed by atoms with Crippen molar-refractivity contribution in [2.75, 3.05) is 38.5 Å². The number of aromatic nitrogens is 1. The first kappa shape index (κ1) is 21.4. The number of thiazole rings is 1. The van der Waals surface area contributed by atoms with Crippen LogP contribution in [0.2, 0.25) is 5.02 Å². The third-order valence-corrected chi connectivity index (χ3v) is 6.65. The minimum Gasteiger partial charge on any atom is -0.350 e. The van der Waals surface area contributed by atoms with Gasteiger partial charge in [-0.15, -0.1) is 11.3 Å². The highest BCUT2D eigenvalue weighted by atomic mass is 35.5. The molecule has 9 heteroatoms. The van der Waals surface area contributed by atoms with E-state index in [0.717, 1.165) is 14.6 Å². The summed E-state index contributed by atoms with van der Waals surface area (Å²) < 4.78 is 1.95. The Morgan fingerprint density at radius 1 is 1.25 bits per heavy atom. The Balaban J connectivity index is 1.44. The van der Waals surface area contributed by atoms with E-state index in [1.54, 1.807) is 11.3 Å². The highest BCUT2D eigenvalue weighted by Gasteiger charge is 2.24. The van der Waals surface area contributed by atoms with Gasteiger partial charge in [0.1, 0.15) is 0 Å². The molecule has 0 radical (unpaired) electrons. The van der Waals surface area contributed by atoms with E-state index in [1.807, 2.05) is 43.9 Å². The van der Waals surface area contributed by atoms with E-state index in [9.17, 15) is 9.59 Å². The van der Waals surface area contributed by atoms with Gasteiger partial charge in [0.05, 0.1) is 22.5 Å². The zero-order chi connectivity index (χ0) is 20.3. The van der Waals surface area contributed by atoms with Crippen LogP contribution in [0.3, 0.4) is 0 Å². The molecule has 0 saturated carbocycles. The number of hydrogen-bond donors (Lipinski definition) is 1. The molecule has 0 aliphatic carbocycles. The largest absolute Gasteiger partial charge is 0.350 e. The molecular formula is C19H25ClN4O2S2. The second-order valence-corrected chi connectivity index (χ2v) is 10.5. The van der Waals surface area contributed by atoms with Crippen molar-refractivity contribution in [1.82, 2.24) is 20.1 Å². The van der Waals surface area contributed by atoms with Crippen LogP contribution in [-0.4, -0.2) is 70.6 Å². The van der Waals surface area contributed by atoms with Crippen LogP contribution in [0, 0.1) is 0 Å². The number of nitrogens with zero attached hydrogens (tertiary/aromatic N) is 3. The first-order valence-corrected chi connectivity index (χ1v) is 11.4. The zero-order valence-corrected chi connectivity index (χ0v) is 18.7. The number of piperazine rings is 1. The first-order valence-electron chi connectivity index (χ1n) is 9.20. The maximum Gasteiger partial charge on any atom is 0.234 e. The second-order valence-electron chi connectivity index (χ2n) is 7.84. The molecule has 1 aromatic heterocycles. The number of fused-ring (bicyclic) bond motifs is 1. The minimum atomic E-state index is -0.224. The van der Waals surface area contributed by atoms with Crippen molar-refractivity contribution in [3.8, 4) is 0 Å². The van der Waals surface area contributed by atoms with E-state index in [0.29, 0.717) is 43.5 Å². The molecule has 152 valence electrons.